The third-order valence-corrected chi connectivity index (χ3v) is 6.33. The summed E-state index contributed by atoms with van der Waals surface area (Å²) in [5.74, 6) is 0.111. The van der Waals surface area contributed by atoms with Crippen LogP contribution in [0.2, 0.25) is 0 Å². The van der Waals surface area contributed by atoms with Gasteiger partial charge in [0.1, 0.15) is 36.2 Å². The molecule has 0 fully saturated rings. The lowest BCUT2D eigenvalue weighted by Crippen LogP contribution is -2.02. The Morgan fingerprint density at radius 2 is 0.875 bits per heavy atom. The van der Waals surface area contributed by atoms with Gasteiger partial charge in [0.05, 0.1) is 11.1 Å². The van der Waals surface area contributed by atoms with Crippen LogP contribution in [0.25, 0.3) is 0 Å². The molecular formula is C34H26O6. The molecule has 5 aromatic rings. The van der Waals surface area contributed by atoms with Crippen molar-refractivity contribution in [2.75, 3.05) is 0 Å². The quantitative estimate of drug-likeness (QED) is 0.195. The zero-order valence-electron chi connectivity index (χ0n) is 21.5. The van der Waals surface area contributed by atoms with Crippen molar-refractivity contribution in [1.29, 1.82) is 0 Å². The van der Waals surface area contributed by atoms with Gasteiger partial charge in [-0.1, -0.05) is 84.9 Å². The second-order valence-electron chi connectivity index (χ2n) is 9.14. The van der Waals surface area contributed by atoms with E-state index in [2.05, 4.69) is 0 Å². The van der Waals surface area contributed by atoms with Crippen molar-refractivity contribution in [3.63, 3.8) is 0 Å². The summed E-state index contributed by atoms with van der Waals surface area (Å²) in [4.78, 5) is 25.2. The number of ether oxygens (including phenoxy) is 2. The van der Waals surface area contributed by atoms with Crippen molar-refractivity contribution >= 4 is 11.6 Å². The van der Waals surface area contributed by atoms with E-state index in [9.17, 15) is 19.8 Å². The zero-order chi connectivity index (χ0) is 27.9. The summed E-state index contributed by atoms with van der Waals surface area (Å²) in [5.41, 5.74) is 3.26. The van der Waals surface area contributed by atoms with Crippen LogP contribution in [-0.4, -0.2) is 21.8 Å². The van der Waals surface area contributed by atoms with Crippen LogP contribution in [0.1, 0.15) is 43.0 Å². The molecule has 0 aromatic heterocycles. The van der Waals surface area contributed by atoms with Gasteiger partial charge in [0.2, 0.25) is 0 Å². The molecule has 40 heavy (non-hydrogen) atoms. The first-order valence-corrected chi connectivity index (χ1v) is 12.7. The Morgan fingerprint density at radius 3 is 1.23 bits per heavy atom. The number of benzene rings is 5. The molecule has 0 radical (unpaired) electrons. The highest BCUT2D eigenvalue weighted by Gasteiger charge is 2.15. The van der Waals surface area contributed by atoms with E-state index in [-0.39, 0.29) is 47.4 Å². The second-order valence-corrected chi connectivity index (χ2v) is 9.14. The van der Waals surface area contributed by atoms with Gasteiger partial charge in [-0.2, -0.15) is 0 Å². The molecule has 0 atom stereocenters. The number of phenolic OH excluding ortho intramolecular Hbond substituents is 2. The topological polar surface area (TPSA) is 93.1 Å². The Balaban J connectivity index is 1.14. The maximum Gasteiger partial charge on any atom is 0.196 e. The van der Waals surface area contributed by atoms with E-state index in [1.165, 1.54) is 12.1 Å². The number of ketones is 2. The van der Waals surface area contributed by atoms with Gasteiger partial charge >= 0.3 is 0 Å². The van der Waals surface area contributed by atoms with Crippen LogP contribution in [0, 0.1) is 0 Å². The summed E-state index contributed by atoms with van der Waals surface area (Å²) in [6.45, 7) is 0.550. The molecule has 0 heterocycles. The molecule has 198 valence electrons. The molecule has 5 rings (SSSR count). The summed E-state index contributed by atoms with van der Waals surface area (Å²) in [7, 11) is 0. The van der Waals surface area contributed by atoms with Gasteiger partial charge < -0.3 is 19.7 Å². The molecule has 0 unspecified atom stereocenters. The van der Waals surface area contributed by atoms with Gasteiger partial charge in [0.15, 0.2) is 11.6 Å². The molecule has 0 aliphatic carbocycles. The van der Waals surface area contributed by atoms with E-state index in [0.29, 0.717) is 22.6 Å². The smallest absolute Gasteiger partial charge is 0.196 e. The first kappa shape index (κ1) is 26.3. The van der Waals surface area contributed by atoms with Crippen molar-refractivity contribution in [2.45, 2.75) is 13.2 Å². The average molecular weight is 531 g/mol. The summed E-state index contributed by atoms with van der Waals surface area (Å²) < 4.78 is 11.6. The highest BCUT2D eigenvalue weighted by atomic mass is 16.5. The monoisotopic (exact) mass is 530 g/mol. The number of hydrogen-bond donors (Lipinski definition) is 2. The molecule has 5 aromatic carbocycles. The fourth-order valence-electron chi connectivity index (χ4n) is 4.14. The van der Waals surface area contributed by atoms with Crippen LogP contribution in [0.15, 0.2) is 121 Å². The Hall–Kier alpha value is -5.36. The van der Waals surface area contributed by atoms with Crippen LogP contribution < -0.4 is 9.47 Å². The molecule has 0 saturated heterocycles. The molecule has 2 N–H and O–H groups in total. The van der Waals surface area contributed by atoms with Crippen molar-refractivity contribution in [3.05, 3.63) is 155 Å². The first-order valence-electron chi connectivity index (χ1n) is 12.7. The van der Waals surface area contributed by atoms with E-state index in [1.807, 2.05) is 36.4 Å². The summed E-state index contributed by atoms with van der Waals surface area (Å²) in [5, 5.41) is 20.7. The van der Waals surface area contributed by atoms with Gasteiger partial charge in [-0.05, 0) is 35.4 Å². The van der Waals surface area contributed by atoms with E-state index in [4.69, 9.17) is 9.47 Å². The highest BCUT2D eigenvalue weighted by Crippen LogP contribution is 2.28. The molecule has 0 spiro atoms. The molecule has 0 aliphatic rings. The second kappa shape index (κ2) is 12.0. The summed E-state index contributed by atoms with van der Waals surface area (Å²) >= 11 is 0. The number of rotatable bonds is 10. The molecule has 6 nitrogen and oxygen atoms in total. The molecule has 6 heteroatoms. The van der Waals surface area contributed by atoms with E-state index in [0.717, 1.165) is 11.1 Å². The van der Waals surface area contributed by atoms with E-state index < -0.39 is 0 Å². The van der Waals surface area contributed by atoms with Gasteiger partial charge in [-0.15, -0.1) is 0 Å². The van der Waals surface area contributed by atoms with Crippen molar-refractivity contribution in [3.8, 4) is 23.0 Å². The molecule has 0 amide bonds. The third kappa shape index (κ3) is 6.19. The van der Waals surface area contributed by atoms with E-state index in [1.54, 1.807) is 72.8 Å². The Bertz CT molecular complexity index is 1500. The number of phenols is 2. The Morgan fingerprint density at radius 1 is 0.500 bits per heavy atom. The Kier molecular flexibility index (Phi) is 7.88. The van der Waals surface area contributed by atoms with Crippen molar-refractivity contribution in [1.82, 2.24) is 0 Å². The van der Waals surface area contributed by atoms with Crippen molar-refractivity contribution < 1.29 is 29.3 Å². The summed E-state index contributed by atoms with van der Waals surface area (Å²) in [6.07, 6.45) is 0. The lowest BCUT2D eigenvalue weighted by Gasteiger charge is -2.11. The summed E-state index contributed by atoms with van der Waals surface area (Å²) in [6, 6.07) is 34.5. The number of carbonyl (C=O) groups excluding carboxylic acids is 2. The maximum absolute atomic E-state index is 12.6. The van der Waals surface area contributed by atoms with Gasteiger partial charge in [0.25, 0.3) is 0 Å². The molecule has 0 aliphatic heterocycles. The predicted octanol–water partition coefficient (Wildman–Crippen LogP) is 6.72. The maximum atomic E-state index is 12.6. The fraction of sp³-hybridized carbons (Fsp3) is 0.0588. The minimum atomic E-state index is -0.255. The standard InChI is InChI=1S/C34H26O6/c35-31-19-27(15-17-29(31)33(37)25-7-3-1-4-8-25)39-21-23-11-13-24(14-12-23)22-40-28-16-18-30(32(36)20-28)34(38)26-9-5-2-6-10-26/h1-20,35-36H,21-22H2. The number of aromatic hydroxyl groups is 2. The lowest BCUT2D eigenvalue weighted by molar-refractivity contribution is 0.102. The average Bonchev–Trinajstić information content (AvgIpc) is 3.00. The van der Waals surface area contributed by atoms with Crippen LogP contribution in [-0.2, 0) is 13.2 Å². The largest absolute Gasteiger partial charge is 0.507 e. The normalized spacial score (nSPS) is 10.6. The molecular weight excluding hydrogens is 504 g/mol. The van der Waals surface area contributed by atoms with E-state index >= 15 is 0 Å². The molecule has 0 saturated carbocycles. The zero-order valence-corrected chi connectivity index (χ0v) is 21.5. The number of hydrogen-bond acceptors (Lipinski definition) is 6. The van der Waals surface area contributed by atoms with Crippen molar-refractivity contribution in [2.24, 2.45) is 0 Å². The third-order valence-electron chi connectivity index (χ3n) is 6.33. The fourth-order valence-corrected chi connectivity index (χ4v) is 4.14. The highest BCUT2D eigenvalue weighted by molar-refractivity contribution is 6.11. The minimum absolute atomic E-state index is 0.137. The van der Waals surface area contributed by atoms with Crippen LogP contribution in [0.5, 0.6) is 23.0 Å². The van der Waals surface area contributed by atoms with Crippen LogP contribution in [0.4, 0.5) is 0 Å². The SMILES string of the molecule is O=C(c1ccccc1)c1ccc(OCc2ccc(COc3ccc(C(=O)c4ccccc4)c(O)c3)cc2)cc1O. The number of carbonyl (C=O) groups is 2. The minimum Gasteiger partial charge on any atom is -0.507 e. The lowest BCUT2D eigenvalue weighted by atomic mass is 10.0. The first-order chi connectivity index (χ1) is 19.5. The Labute approximate surface area is 231 Å². The van der Waals surface area contributed by atoms with Crippen LogP contribution in [0.3, 0.4) is 0 Å². The molecule has 0 bridgehead atoms. The van der Waals surface area contributed by atoms with Gasteiger partial charge in [0, 0.05) is 23.3 Å². The predicted molar refractivity (Wildman–Crippen MR) is 151 cm³/mol. The van der Waals surface area contributed by atoms with Gasteiger partial charge in [-0.3, -0.25) is 9.59 Å². The van der Waals surface area contributed by atoms with Crippen LogP contribution >= 0.6 is 0 Å². The van der Waals surface area contributed by atoms with Gasteiger partial charge in [-0.25, -0.2) is 0 Å².